The molecular weight excluding hydrogens is 428 g/mol. The molecule has 0 saturated carbocycles. The van der Waals surface area contributed by atoms with Crippen molar-refractivity contribution in [1.29, 1.82) is 0 Å². The summed E-state index contributed by atoms with van der Waals surface area (Å²) < 4.78 is 3.52. The number of carbonyl (C=O) groups excluding carboxylic acids is 1. The van der Waals surface area contributed by atoms with Gasteiger partial charge in [0, 0.05) is 49.8 Å². The van der Waals surface area contributed by atoms with Gasteiger partial charge in [0.1, 0.15) is 11.6 Å². The molecule has 4 N–H and O–H groups in total. The number of rotatable bonds is 4. The minimum Gasteiger partial charge on any atom is -0.383 e. The molecule has 0 atom stereocenters. The van der Waals surface area contributed by atoms with Crippen molar-refractivity contribution >= 4 is 39.2 Å². The molecular formula is C25H26N8O. The standard InChI is InChI=1S/C25H26N8O/c1-15-29-20-5-3-18(13-21(20)30-15)33-25(26)19(14-28-33)24(34)23-12-16-11-17(4-6-22(16)31(23)2)32-9-7-27-8-10-32/h3-6,11-14,27H,7-10,26H2,1-2H3,(H,29,30). The normalized spacial score (nSPS) is 14.4. The van der Waals surface area contributed by atoms with E-state index < -0.39 is 0 Å². The van der Waals surface area contributed by atoms with Crippen LogP contribution in [0.5, 0.6) is 0 Å². The van der Waals surface area contributed by atoms with Gasteiger partial charge in [0.25, 0.3) is 0 Å². The lowest BCUT2D eigenvalue weighted by Gasteiger charge is -2.29. The zero-order chi connectivity index (χ0) is 23.4. The molecule has 4 heterocycles. The highest BCUT2D eigenvalue weighted by molar-refractivity contribution is 6.13. The van der Waals surface area contributed by atoms with Crippen molar-refractivity contribution < 1.29 is 4.79 Å². The van der Waals surface area contributed by atoms with Gasteiger partial charge in [-0.3, -0.25) is 4.79 Å². The average molecular weight is 455 g/mol. The zero-order valence-corrected chi connectivity index (χ0v) is 19.2. The molecule has 5 aromatic rings. The summed E-state index contributed by atoms with van der Waals surface area (Å²) in [4.78, 5) is 23.5. The predicted molar refractivity (Wildman–Crippen MR) is 134 cm³/mol. The van der Waals surface area contributed by atoms with Gasteiger partial charge < -0.3 is 25.5 Å². The molecule has 6 rings (SSSR count). The van der Waals surface area contributed by atoms with Crippen molar-refractivity contribution in [1.82, 2.24) is 29.6 Å². The summed E-state index contributed by atoms with van der Waals surface area (Å²) in [5, 5.41) is 8.84. The number of imidazole rings is 1. The number of fused-ring (bicyclic) bond motifs is 2. The SMILES string of the molecule is Cc1nc2ccc(-n3ncc(C(=O)c4cc5cc(N6CCNCC6)ccc5n4C)c3N)cc2[nH]1. The largest absolute Gasteiger partial charge is 0.383 e. The van der Waals surface area contributed by atoms with Gasteiger partial charge in [-0.05, 0) is 49.4 Å². The predicted octanol–water partition coefficient (Wildman–Crippen LogP) is 2.77. The van der Waals surface area contributed by atoms with E-state index in [1.54, 1.807) is 10.9 Å². The van der Waals surface area contributed by atoms with E-state index in [9.17, 15) is 4.79 Å². The molecule has 0 aliphatic carbocycles. The second-order valence-electron chi connectivity index (χ2n) is 8.78. The molecule has 0 radical (unpaired) electrons. The number of aromatic nitrogens is 5. The fourth-order valence-electron chi connectivity index (χ4n) is 4.81. The lowest BCUT2D eigenvalue weighted by Crippen LogP contribution is -2.43. The highest BCUT2D eigenvalue weighted by atomic mass is 16.1. The van der Waals surface area contributed by atoms with Crippen LogP contribution in [0, 0.1) is 6.92 Å². The molecule has 1 aliphatic rings. The number of nitrogens with two attached hydrogens (primary N) is 1. The van der Waals surface area contributed by atoms with E-state index in [4.69, 9.17) is 5.73 Å². The minimum absolute atomic E-state index is 0.148. The summed E-state index contributed by atoms with van der Waals surface area (Å²) in [5.41, 5.74) is 12.1. The topological polar surface area (TPSA) is 110 Å². The summed E-state index contributed by atoms with van der Waals surface area (Å²) in [6.45, 7) is 5.82. The number of hydrogen-bond donors (Lipinski definition) is 3. The number of aryl methyl sites for hydroxylation is 2. The molecule has 3 aromatic heterocycles. The second kappa shape index (κ2) is 7.74. The number of carbonyl (C=O) groups is 1. The Morgan fingerprint density at radius 1 is 1.06 bits per heavy atom. The lowest BCUT2D eigenvalue weighted by atomic mass is 10.1. The Hall–Kier alpha value is -4.11. The minimum atomic E-state index is -0.148. The fraction of sp³-hybridized carbons (Fsp3) is 0.240. The van der Waals surface area contributed by atoms with E-state index >= 15 is 0 Å². The van der Waals surface area contributed by atoms with Crippen LogP contribution in [-0.4, -0.2) is 56.3 Å². The molecule has 2 aromatic carbocycles. The van der Waals surface area contributed by atoms with E-state index in [0.717, 1.165) is 59.6 Å². The van der Waals surface area contributed by atoms with Gasteiger partial charge in [0.15, 0.2) is 0 Å². The monoisotopic (exact) mass is 454 g/mol. The third kappa shape index (κ3) is 3.24. The Bertz CT molecular complexity index is 1550. The van der Waals surface area contributed by atoms with E-state index in [0.29, 0.717) is 17.1 Å². The molecule has 34 heavy (non-hydrogen) atoms. The fourth-order valence-corrected chi connectivity index (χ4v) is 4.81. The van der Waals surface area contributed by atoms with Crippen molar-refractivity contribution in [2.45, 2.75) is 6.92 Å². The van der Waals surface area contributed by atoms with Crippen LogP contribution in [-0.2, 0) is 7.05 Å². The van der Waals surface area contributed by atoms with E-state index in [1.165, 1.54) is 5.69 Å². The second-order valence-corrected chi connectivity index (χ2v) is 8.78. The first-order chi connectivity index (χ1) is 16.5. The summed E-state index contributed by atoms with van der Waals surface area (Å²) in [7, 11) is 1.91. The van der Waals surface area contributed by atoms with Crippen LogP contribution in [0.2, 0.25) is 0 Å². The highest BCUT2D eigenvalue weighted by Crippen LogP contribution is 2.28. The number of piperazine rings is 1. The Morgan fingerprint density at radius 3 is 2.68 bits per heavy atom. The molecule has 172 valence electrons. The van der Waals surface area contributed by atoms with Gasteiger partial charge in [-0.25, -0.2) is 9.67 Å². The average Bonchev–Trinajstić information content (AvgIpc) is 3.52. The quantitative estimate of drug-likeness (QED) is 0.360. The number of anilines is 2. The van der Waals surface area contributed by atoms with Crippen LogP contribution < -0.4 is 16.0 Å². The van der Waals surface area contributed by atoms with Crippen LogP contribution >= 0.6 is 0 Å². The number of nitrogens with one attached hydrogen (secondary N) is 2. The number of H-pyrrole nitrogens is 1. The number of aromatic amines is 1. The molecule has 0 bridgehead atoms. The molecule has 1 saturated heterocycles. The molecule has 1 aliphatic heterocycles. The van der Waals surface area contributed by atoms with Gasteiger partial charge >= 0.3 is 0 Å². The van der Waals surface area contributed by atoms with Crippen molar-refractivity contribution in [3.8, 4) is 5.69 Å². The lowest BCUT2D eigenvalue weighted by molar-refractivity contribution is 0.103. The maximum atomic E-state index is 13.5. The molecule has 9 nitrogen and oxygen atoms in total. The van der Waals surface area contributed by atoms with Crippen molar-refractivity contribution in [3.05, 3.63) is 65.7 Å². The number of hydrogen-bond acceptors (Lipinski definition) is 6. The molecule has 9 heteroatoms. The van der Waals surface area contributed by atoms with E-state index in [2.05, 4.69) is 43.5 Å². The van der Waals surface area contributed by atoms with Crippen molar-refractivity contribution in [2.75, 3.05) is 36.8 Å². The van der Waals surface area contributed by atoms with Crippen molar-refractivity contribution in [3.63, 3.8) is 0 Å². The number of nitrogen functional groups attached to an aromatic ring is 1. The molecule has 0 unspecified atom stereocenters. The third-order valence-electron chi connectivity index (χ3n) is 6.62. The Morgan fingerprint density at radius 2 is 1.85 bits per heavy atom. The maximum absolute atomic E-state index is 13.5. The van der Waals surface area contributed by atoms with Crippen molar-refractivity contribution in [2.24, 2.45) is 7.05 Å². The molecule has 1 fully saturated rings. The van der Waals surface area contributed by atoms with Gasteiger partial charge in [0.05, 0.1) is 34.2 Å². The van der Waals surface area contributed by atoms with Crippen LogP contribution in [0.4, 0.5) is 11.5 Å². The number of nitrogens with zero attached hydrogens (tertiary/aromatic N) is 5. The summed E-state index contributed by atoms with van der Waals surface area (Å²) in [5.74, 6) is 1.00. The smallest absolute Gasteiger partial charge is 0.214 e. The third-order valence-corrected chi connectivity index (χ3v) is 6.62. The van der Waals surface area contributed by atoms with Gasteiger partial charge in [0.2, 0.25) is 5.78 Å². The van der Waals surface area contributed by atoms with Crippen LogP contribution in [0.1, 0.15) is 21.9 Å². The molecule has 0 spiro atoms. The van der Waals surface area contributed by atoms with Crippen LogP contribution in [0.3, 0.4) is 0 Å². The summed E-state index contributed by atoms with van der Waals surface area (Å²) in [6.07, 6.45) is 1.55. The van der Waals surface area contributed by atoms with Gasteiger partial charge in [-0.2, -0.15) is 5.10 Å². The summed E-state index contributed by atoms with van der Waals surface area (Å²) in [6, 6.07) is 14.1. The van der Waals surface area contributed by atoms with Crippen LogP contribution in [0.25, 0.3) is 27.6 Å². The van der Waals surface area contributed by atoms with Crippen LogP contribution in [0.15, 0.2) is 48.7 Å². The van der Waals surface area contributed by atoms with Gasteiger partial charge in [-0.1, -0.05) is 0 Å². The Labute approximate surface area is 196 Å². The number of ketones is 1. The number of benzene rings is 2. The van der Waals surface area contributed by atoms with E-state index in [1.807, 2.05) is 42.8 Å². The summed E-state index contributed by atoms with van der Waals surface area (Å²) >= 11 is 0. The first kappa shape index (κ1) is 20.5. The first-order valence-corrected chi connectivity index (χ1v) is 11.4. The van der Waals surface area contributed by atoms with E-state index in [-0.39, 0.29) is 5.78 Å². The highest BCUT2D eigenvalue weighted by Gasteiger charge is 2.22. The Kier molecular flexibility index (Phi) is 4.66. The molecule has 0 amide bonds. The first-order valence-electron chi connectivity index (χ1n) is 11.4. The Balaban J connectivity index is 1.35. The maximum Gasteiger partial charge on any atom is 0.214 e. The van der Waals surface area contributed by atoms with Gasteiger partial charge in [-0.15, -0.1) is 0 Å². The zero-order valence-electron chi connectivity index (χ0n) is 19.2.